The molecule has 2 N–H and O–H groups in total. The quantitative estimate of drug-likeness (QED) is 0.462. The summed E-state index contributed by atoms with van der Waals surface area (Å²) in [4.78, 5) is 28.8. The van der Waals surface area contributed by atoms with Gasteiger partial charge in [0.2, 0.25) is 0 Å². The van der Waals surface area contributed by atoms with Crippen molar-refractivity contribution >= 4 is 28.0 Å². The fraction of sp³-hybridized carbons (Fsp3) is 0.462. The number of likely N-dealkylation sites (tertiary alicyclic amines) is 1. The molecule has 4 heterocycles. The summed E-state index contributed by atoms with van der Waals surface area (Å²) in [5.74, 6) is 0.906. The van der Waals surface area contributed by atoms with Crippen molar-refractivity contribution < 1.29 is 13.9 Å². The summed E-state index contributed by atoms with van der Waals surface area (Å²) in [6.07, 6.45) is 6.05. The highest BCUT2D eigenvalue weighted by atomic mass is 19.1. The molecule has 0 spiro atoms. The molecule has 4 aromatic rings. The van der Waals surface area contributed by atoms with E-state index in [9.17, 15) is 4.79 Å². The van der Waals surface area contributed by atoms with Gasteiger partial charge in [0.1, 0.15) is 17.0 Å². The predicted octanol–water partition coefficient (Wildman–Crippen LogP) is 3.10. The van der Waals surface area contributed by atoms with Gasteiger partial charge in [0.05, 0.1) is 18.3 Å². The maximum atomic E-state index is 15.5. The molecule has 9 nitrogen and oxygen atoms in total. The molecule has 3 aromatic heterocycles. The number of carbonyl (C=O) groups excluding carboxylic acids is 1. The van der Waals surface area contributed by atoms with E-state index in [2.05, 4.69) is 14.5 Å². The molecular weight excluding hydrogens is 461 g/mol. The van der Waals surface area contributed by atoms with Crippen LogP contribution in [-0.4, -0.2) is 60.6 Å². The van der Waals surface area contributed by atoms with Gasteiger partial charge in [-0.2, -0.15) is 4.98 Å². The smallest absolute Gasteiger partial charge is 0.318 e. The van der Waals surface area contributed by atoms with E-state index in [0.29, 0.717) is 46.8 Å². The van der Waals surface area contributed by atoms with E-state index in [4.69, 9.17) is 15.5 Å². The Bertz CT molecular complexity index is 1540. The molecule has 3 atom stereocenters. The number of halogens is 1. The van der Waals surface area contributed by atoms with Gasteiger partial charge in [-0.15, -0.1) is 0 Å². The normalized spacial score (nSPS) is 23.3. The second kappa shape index (κ2) is 7.73. The lowest BCUT2D eigenvalue weighted by Crippen LogP contribution is -2.41. The number of ether oxygens (including phenoxy) is 1. The molecule has 36 heavy (non-hydrogen) atoms. The summed E-state index contributed by atoms with van der Waals surface area (Å²) in [7, 11) is 3.35. The number of piperidine rings is 1. The Hall–Kier alpha value is -3.53. The predicted molar refractivity (Wildman–Crippen MR) is 132 cm³/mol. The summed E-state index contributed by atoms with van der Waals surface area (Å²) in [6.45, 7) is 1.44. The summed E-state index contributed by atoms with van der Waals surface area (Å²) in [6, 6.07) is 5.39. The second-order valence-corrected chi connectivity index (χ2v) is 10.5. The van der Waals surface area contributed by atoms with E-state index in [1.807, 2.05) is 11.0 Å². The number of nitrogens with zero attached hydrogens (tertiary/aromatic N) is 6. The Morgan fingerprint density at radius 1 is 1.19 bits per heavy atom. The number of nitrogens with two attached hydrogens (primary N) is 1. The average Bonchev–Trinajstić information content (AvgIpc) is 3.28. The van der Waals surface area contributed by atoms with E-state index in [1.165, 1.54) is 18.9 Å². The Kier molecular flexibility index (Phi) is 4.67. The third-order valence-corrected chi connectivity index (χ3v) is 8.25. The molecule has 3 aliphatic rings. The van der Waals surface area contributed by atoms with Gasteiger partial charge < -0.3 is 24.5 Å². The molecule has 1 amide bonds. The largest absolute Gasteiger partial charge is 0.467 e. The molecule has 0 radical (unpaired) electrons. The fourth-order valence-corrected chi connectivity index (χ4v) is 6.15. The zero-order chi connectivity index (χ0) is 24.7. The molecule has 186 valence electrons. The zero-order valence-corrected chi connectivity index (χ0v) is 20.3. The molecular formula is C26H28FN7O2. The highest BCUT2D eigenvalue weighted by Gasteiger charge is 2.47. The maximum absolute atomic E-state index is 15.5. The number of imidazole rings is 1. The first kappa shape index (κ1) is 21.7. The van der Waals surface area contributed by atoms with Gasteiger partial charge in [0.15, 0.2) is 5.82 Å². The SMILES string of the molecule is COc1ncc2cc(-c3nc4cc(C(=O)N5C[C@H]6CC[C@@H]5[C@@H]6N)cc(F)c4n3C)n(CC3CC3)c2n1. The monoisotopic (exact) mass is 489 g/mol. The molecule has 10 heteroatoms. The van der Waals surface area contributed by atoms with E-state index < -0.39 is 5.82 Å². The number of methoxy groups -OCH3 is 1. The van der Waals surface area contributed by atoms with Crippen LogP contribution in [0.4, 0.5) is 4.39 Å². The van der Waals surface area contributed by atoms with Crippen molar-refractivity contribution in [1.82, 2.24) is 29.0 Å². The number of hydrogen-bond donors (Lipinski definition) is 1. The van der Waals surface area contributed by atoms with Crippen molar-refractivity contribution in [2.45, 2.75) is 44.3 Å². The van der Waals surface area contributed by atoms with E-state index in [-0.39, 0.29) is 18.0 Å². The molecule has 1 saturated heterocycles. The number of benzene rings is 1. The lowest BCUT2D eigenvalue weighted by atomic mass is 10.1. The molecule has 3 fully saturated rings. The molecule has 2 bridgehead atoms. The minimum atomic E-state index is -0.461. The third kappa shape index (κ3) is 3.16. The first-order chi connectivity index (χ1) is 17.4. The molecule has 2 saturated carbocycles. The van der Waals surface area contributed by atoms with Crippen molar-refractivity contribution in [1.29, 1.82) is 0 Å². The topological polar surface area (TPSA) is 104 Å². The van der Waals surface area contributed by atoms with Gasteiger partial charge in [-0.05, 0) is 55.7 Å². The van der Waals surface area contributed by atoms with Crippen molar-refractivity contribution in [3.05, 3.63) is 35.8 Å². The van der Waals surface area contributed by atoms with Crippen LogP contribution in [0.15, 0.2) is 24.4 Å². The van der Waals surface area contributed by atoms with Crippen LogP contribution in [0.1, 0.15) is 36.0 Å². The van der Waals surface area contributed by atoms with Crippen molar-refractivity contribution in [3.63, 3.8) is 0 Å². The first-order valence-corrected chi connectivity index (χ1v) is 12.6. The average molecular weight is 490 g/mol. The number of hydrogen-bond acceptors (Lipinski definition) is 6. The van der Waals surface area contributed by atoms with Crippen LogP contribution in [0.25, 0.3) is 33.6 Å². The minimum absolute atomic E-state index is 0.0130. The molecule has 7 rings (SSSR count). The molecule has 1 aliphatic heterocycles. The number of carbonyl (C=O) groups is 1. The maximum Gasteiger partial charge on any atom is 0.318 e. The fourth-order valence-electron chi connectivity index (χ4n) is 6.15. The van der Waals surface area contributed by atoms with Crippen LogP contribution in [-0.2, 0) is 13.6 Å². The number of rotatable bonds is 5. The van der Waals surface area contributed by atoms with Crippen LogP contribution < -0.4 is 10.5 Å². The van der Waals surface area contributed by atoms with E-state index in [0.717, 1.165) is 36.1 Å². The van der Waals surface area contributed by atoms with E-state index in [1.54, 1.807) is 31.0 Å². The molecule has 0 unspecified atom stereocenters. The Morgan fingerprint density at radius 2 is 2.03 bits per heavy atom. The molecule has 1 aromatic carbocycles. The first-order valence-electron chi connectivity index (χ1n) is 12.6. The Labute approximate surface area is 207 Å². The van der Waals surface area contributed by atoms with Gasteiger partial charge >= 0.3 is 6.01 Å². The van der Waals surface area contributed by atoms with Crippen LogP contribution in [0.5, 0.6) is 6.01 Å². The Balaban J connectivity index is 1.33. The van der Waals surface area contributed by atoms with E-state index >= 15 is 4.39 Å². The van der Waals surface area contributed by atoms with Crippen LogP contribution in [0, 0.1) is 17.7 Å². The van der Waals surface area contributed by atoms with Gasteiger partial charge in [0, 0.05) is 49.4 Å². The molecule has 2 aliphatic carbocycles. The Morgan fingerprint density at radius 3 is 2.72 bits per heavy atom. The second-order valence-electron chi connectivity index (χ2n) is 10.5. The van der Waals surface area contributed by atoms with Crippen molar-refractivity contribution in [2.24, 2.45) is 24.6 Å². The highest BCUT2D eigenvalue weighted by Crippen LogP contribution is 2.39. The van der Waals surface area contributed by atoms with Crippen molar-refractivity contribution in [2.75, 3.05) is 13.7 Å². The summed E-state index contributed by atoms with van der Waals surface area (Å²) in [5, 5.41) is 0.871. The number of aromatic nitrogens is 5. The number of fused-ring (bicyclic) bond motifs is 4. The van der Waals surface area contributed by atoms with Gasteiger partial charge in [0.25, 0.3) is 5.91 Å². The van der Waals surface area contributed by atoms with Crippen LogP contribution in [0.2, 0.25) is 0 Å². The van der Waals surface area contributed by atoms with Gasteiger partial charge in [-0.3, -0.25) is 4.79 Å². The lowest BCUT2D eigenvalue weighted by Gasteiger charge is -2.27. The van der Waals surface area contributed by atoms with Gasteiger partial charge in [-0.25, -0.2) is 14.4 Å². The minimum Gasteiger partial charge on any atom is -0.467 e. The van der Waals surface area contributed by atoms with Gasteiger partial charge in [-0.1, -0.05) is 0 Å². The standard InChI is InChI=1S/C26H28FN7O2/c1-32-22-17(27)7-15(25(35)34-12-14-5-6-19(34)21(14)28)8-18(22)30-24(32)20-9-16-10-29-26(36-2)31-23(16)33(20)11-13-3-4-13/h7-10,13-14,19,21H,3-6,11-12,28H2,1-2H3/t14-,19-,21-/m1/s1. The summed E-state index contributed by atoms with van der Waals surface area (Å²) < 4.78 is 24.6. The van der Waals surface area contributed by atoms with Crippen molar-refractivity contribution in [3.8, 4) is 17.5 Å². The number of aryl methyl sites for hydroxylation is 1. The van der Waals surface area contributed by atoms with Crippen LogP contribution in [0.3, 0.4) is 0 Å². The third-order valence-electron chi connectivity index (χ3n) is 8.25. The number of amides is 1. The summed E-state index contributed by atoms with van der Waals surface area (Å²) in [5.41, 5.74) is 9.05. The lowest BCUT2D eigenvalue weighted by molar-refractivity contribution is 0.0700. The summed E-state index contributed by atoms with van der Waals surface area (Å²) >= 11 is 0. The zero-order valence-electron chi connectivity index (χ0n) is 20.3. The highest BCUT2D eigenvalue weighted by molar-refractivity contribution is 5.98. The van der Waals surface area contributed by atoms with Crippen LogP contribution >= 0.6 is 0 Å².